The van der Waals surface area contributed by atoms with Gasteiger partial charge in [-0.1, -0.05) is 13.8 Å². The van der Waals surface area contributed by atoms with Crippen molar-refractivity contribution in [2.24, 2.45) is 5.92 Å². The highest BCUT2D eigenvalue weighted by Crippen LogP contribution is 2.36. The van der Waals surface area contributed by atoms with Gasteiger partial charge in [0.2, 0.25) is 11.7 Å². The normalized spacial score (nSPS) is 15.7. The Morgan fingerprint density at radius 3 is 2.67 bits per heavy atom. The third kappa shape index (κ3) is 4.78. The van der Waals surface area contributed by atoms with Gasteiger partial charge in [0.05, 0.1) is 16.5 Å². The summed E-state index contributed by atoms with van der Waals surface area (Å²) in [6, 6.07) is 6.90. The molecule has 1 unspecified atom stereocenters. The average molecular weight is 429 g/mol. The van der Waals surface area contributed by atoms with Crippen molar-refractivity contribution in [1.29, 1.82) is 0 Å². The van der Waals surface area contributed by atoms with Crippen LogP contribution in [-0.2, 0) is 16.1 Å². The molecule has 0 aliphatic carbocycles. The molecule has 2 aromatic rings. The Balaban J connectivity index is 1.65. The van der Waals surface area contributed by atoms with Crippen molar-refractivity contribution in [2.75, 3.05) is 11.9 Å². The van der Waals surface area contributed by atoms with E-state index in [0.717, 1.165) is 29.2 Å². The number of ketones is 1. The summed E-state index contributed by atoms with van der Waals surface area (Å²) in [6.45, 7) is 10.6. The van der Waals surface area contributed by atoms with Gasteiger partial charge in [0, 0.05) is 28.4 Å². The Hall–Kier alpha value is -2.54. The van der Waals surface area contributed by atoms with Gasteiger partial charge in [-0.15, -0.1) is 11.8 Å². The summed E-state index contributed by atoms with van der Waals surface area (Å²) >= 11 is 1.45. The standard InChI is InChI=1S/C23H28N2O4S/c1-13(2)8-9-25-14(3)10-18(15(25)4)20(26)12-29-23(28)17-6-7-21-19(11-17)24-22(27)16(5)30-21/h6-7,10-11,13,16H,8-9,12H2,1-5H3,(H,24,27). The molecule has 30 heavy (non-hydrogen) atoms. The van der Waals surface area contributed by atoms with Crippen LogP contribution in [0.3, 0.4) is 0 Å². The minimum atomic E-state index is -0.586. The number of ether oxygens (including phenoxy) is 1. The fraction of sp³-hybridized carbons (Fsp3) is 0.435. The van der Waals surface area contributed by atoms with Crippen LogP contribution in [0.2, 0.25) is 0 Å². The number of nitrogens with one attached hydrogen (secondary N) is 1. The van der Waals surface area contributed by atoms with Crippen LogP contribution in [-0.4, -0.2) is 34.1 Å². The second-order valence-electron chi connectivity index (χ2n) is 8.08. The summed E-state index contributed by atoms with van der Waals surface area (Å²) < 4.78 is 7.41. The fourth-order valence-electron chi connectivity index (χ4n) is 3.44. The minimum Gasteiger partial charge on any atom is -0.454 e. The zero-order chi connectivity index (χ0) is 22.0. The molecule has 0 bridgehead atoms. The maximum atomic E-state index is 12.7. The van der Waals surface area contributed by atoms with Crippen LogP contribution < -0.4 is 5.32 Å². The van der Waals surface area contributed by atoms with Crippen LogP contribution in [0.4, 0.5) is 5.69 Å². The summed E-state index contributed by atoms with van der Waals surface area (Å²) in [5, 5.41) is 2.62. The monoisotopic (exact) mass is 428 g/mol. The zero-order valence-electron chi connectivity index (χ0n) is 18.1. The van der Waals surface area contributed by atoms with Gasteiger partial charge in [0.15, 0.2) is 6.61 Å². The number of Topliss-reactive ketones (excluding diaryl/α,β-unsaturated/α-hetero) is 1. The number of carbonyl (C=O) groups excluding carboxylic acids is 3. The van der Waals surface area contributed by atoms with Crippen molar-refractivity contribution in [3.05, 3.63) is 46.8 Å². The van der Waals surface area contributed by atoms with E-state index in [-0.39, 0.29) is 23.5 Å². The number of aryl methyl sites for hydroxylation is 1. The lowest BCUT2D eigenvalue weighted by molar-refractivity contribution is -0.115. The number of rotatable bonds is 7. The number of hydrogen-bond donors (Lipinski definition) is 1. The van der Waals surface area contributed by atoms with Crippen LogP contribution in [0.25, 0.3) is 0 Å². The molecule has 6 nitrogen and oxygen atoms in total. The first kappa shape index (κ1) is 22.2. The number of esters is 1. The molecular formula is C23H28N2O4S. The quantitative estimate of drug-likeness (QED) is 0.514. The molecule has 3 rings (SSSR count). The molecule has 1 N–H and O–H groups in total. The van der Waals surface area contributed by atoms with E-state index >= 15 is 0 Å². The number of benzene rings is 1. The molecule has 0 fully saturated rings. The molecule has 1 aromatic heterocycles. The summed E-state index contributed by atoms with van der Waals surface area (Å²) in [4.78, 5) is 37.9. The molecular weight excluding hydrogens is 400 g/mol. The molecule has 7 heteroatoms. The minimum absolute atomic E-state index is 0.0963. The van der Waals surface area contributed by atoms with E-state index in [0.29, 0.717) is 22.7 Å². The number of aromatic nitrogens is 1. The van der Waals surface area contributed by atoms with Crippen molar-refractivity contribution in [1.82, 2.24) is 4.57 Å². The van der Waals surface area contributed by atoms with Gasteiger partial charge in [0.1, 0.15) is 0 Å². The van der Waals surface area contributed by atoms with Crippen molar-refractivity contribution in [3.63, 3.8) is 0 Å². The lowest BCUT2D eigenvalue weighted by Crippen LogP contribution is -2.26. The van der Waals surface area contributed by atoms with E-state index in [1.807, 2.05) is 26.8 Å². The topological polar surface area (TPSA) is 77.4 Å². The number of fused-ring (bicyclic) bond motifs is 1. The number of carbonyl (C=O) groups is 3. The van der Waals surface area contributed by atoms with Crippen LogP contribution in [0, 0.1) is 19.8 Å². The fourth-order valence-corrected chi connectivity index (χ4v) is 4.37. The molecule has 0 spiro atoms. The molecule has 0 saturated carbocycles. The van der Waals surface area contributed by atoms with Gasteiger partial charge in [-0.05, 0) is 57.4 Å². The van der Waals surface area contributed by atoms with Crippen LogP contribution in [0.15, 0.2) is 29.2 Å². The molecule has 1 aliphatic heterocycles. The molecule has 0 radical (unpaired) electrons. The van der Waals surface area contributed by atoms with Gasteiger partial charge >= 0.3 is 5.97 Å². The van der Waals surface area contributed by atoms with E-state index in [1.165, 1.54) is 11.8 Å². The third-order valence-corrected chi connectivity index (χ3v) is 6.46. The van der Waals surface area contributed by atoms with Gasteiger partial charge in [-0.2, -0.15) is 0 Å². The lowest BCUT2D eigenvalue weighted by Gasteiger charge is -2.21. The highest BCUT2D eigenvalue weighted by atomic mass is 32.2. The first-order valence-electron chi connectivity index (χ1n) is 10.2. The van der Waals surface area contributed by atoms with Gasteiger partial charge in [-0.3, -0.25) is 9.59 Å². The molecule has 0 saturated heterocycles. The van der Waals surface area contributed by atoms with Crippen LogP contribution >= 0.6 is 11.8 Å². The third-order valence-electron chi connectivity index (χ3n) is 5.28. The second-order valence-corrected chi connectivity index (χ2v) is 9.46. The van der Waals surface area contributed by atoms with E-state index in [9.17, 15) is 14.4 Å². The smallest absolute Gasteiger partial charge is 0.338 e. The van der Waals surface area contributed by atoms with Crippen molar-refractivity contribution < 1.29 is 19.1 Å². The number of nitrogens with zero attached hydrogens (tertiary/aromatic N) is 1. The Morgan fingerprint density at radius 2 is 1.97 bits per heavy atom. The number of hydrogen-bond acceptors (Lipinski definition) is 5. The second kappa shape index (κ2) is 9.08. The highest BCUT2D eigenvalue weighted by molar-refractivity contribution is 8.00. The molecule has 1 aromatic carbocycles. The maximum Gasteiger partial charge on any atom is 0.338 e. The van der Waals surface area contributed by atoms with E-state index < -0.39 is 5.97 Å². The van der Waals surface area contributed by atoms with Crippen molar-refractivity contribution >= 4 is 35.1 Å². The summed E-state index contributed by atoms with van der Waals surface area (Å²) in [5.74, 6) is -0.323. The van der Waals surface area contributed by atoms with Crippen molar-refractivity contribution in [2.45, 2.75) is 57.7 Å². The first-order valence-corrected chi connectivity index (χ1v) is 11.0. The number of anilines is 1. The van der Waals surface area contributed by atoms with Gasteiger partial charge in [-0.25, -0.2) is 4.79 Å². The number of thioether (sulfide) groups is 1. The molecule has 1 atom stereocenters. The van der Waals surface area contributed by atoms with E-state index in [1.54, 1.807) is 18.2 Å². The molecule has 2 heterocycles. The Kier molecular flexibility index (Phi) is 6.71. The maximum absolute atomic E-state index is 12.7. The summed E-state index contributed by atoms with van der Waals surface area (Å²) in [7, 11) is 0. The SMILES string of the molecule is Cc1cc(C(=O)COC(=O)c2ccc3c(c2)NC(=O)C(C)S3)c(C)n1CCC(C)C. The van der Waals surface area contributed by atoms with Gasteiger partial charge in [0.25, 0.3) is 0 Å². The van der Waals surface area contributed by atoms with E-state index in [2.05, 4.69) is 23.7 Å². The molecule has 1 aliphatic rings. The largest absolute Gasteiger partial charge is 0.454 e. The zero-order valence-corrected chi connectivity index (χ0v) is 18.9. The number of amides is 1. The predicted octanol–water partition coefficient (Wildman–Crippen LogP) is 4.62. The Labute approximate surface area is 181 Å². The summed E-state index contributed by atoms with van der Waals surface area (Å²) in [5.41, 5.74) is 3.42. The lowest BCUT2D eigenvalue weighted by atomic mass is 10.1. The summed E-state index contributed by atoms with van der Waals surface area (Å²) in [6.07, 6.45) is 1.03. The highest BCUT2D eigenvalue weighted by Gasteiger charge is 2.24. The van der Waals surface area contributed by atoms with Crippen molar-refractivity contribution in [3.8, 4) is 0 Å². The van der Waals surface area contributed by atoms with Crippen LogP contribution in [0.5, 0.6) is 0 Å². The van der Waals surface area contributed by atoms with Gasteiger partial charge < -0.3 is 14.6 Å². The van der Waals surface area contributed by atoms with Crippen LogP contribution in [0.1, 0.15) is 59.3 Å². The average Bonchev–Trinajstić information content (AvgIpc) is 2.98. The molecule has 160 valence electrons. The predicted molar refractivity (Wildman–Crippen MR) is 118 cm³/mol. The Morgan fingerprint density at radius 1 is 1.23 bits per heavy atom. The Bertz CT molecular complexity index is 993. The molecule has 1 amide bonds. The first-order chi connectivity index (χ1) is 14.2. The van der Waals surface area contributed by atoms with E-state index in [4.69, 9.17) is 4.74 Å².